The van der Waals surface area contributed by atoms with E-state index in [2.05, 4.69) is 21.6 Å². The van der Waals surface area contributed by atoms with E-state index in [-0.39, 0.29) is 11.8 Å². The van der Waals surface area contributed by atoms with Gasteiger partial charge in [0.2, 0.25) is 0 Å². The molecule has 1 aliphatic heterocycles. The molecule has 0 saturated carbocycles. The Morgan fingerprint density at radius 1 is 0.722 bits per heavy atom. The van der Waals surface area contributed by atoms with Crippen molar-refractivity contribution in [3.8, 4) is 0 Å². The lowest BCUT2D eigenvalue weighted by Gasteiger charge is -1.88. The van der Waals surface area contributed by atoms with Crippen LogP contribution >= 0.6 is 0 Å². The van der Waals surface area contributed by atoms with Crippen molar-refractivity contribution in [2.45, 2.75) is 0 Å². The third-order valence-electron chi connectivity index (χ3n) is 2.44. The number of rotatable bonds is 0. The molecule has 86 valence electrons. The molecule has 0 atom stereocenters. The number of imide groups is 1. The van der Waals surface area contributed by atoms with Gasteiger partial charge in [0, 0.05) is 0 Å². The summed E-state index contributed by atoms with van der Waals surface area (Å²) in [6.07, 6.45) is 0. The summed E-state index contributed by atoms with van der Waals surface area (Å²) in [6.45, 7) is 0. The number of nitrogens with one attached hydrogen (secondary N) is 1. The van der Waals surface area contributed by atoms with E-state index in [1.807, 2.05) is 30.3 Å². The topological polar surface area (TPSA) is 46.2 Å². The second kappa shape index (κ2) is 5.63. The fourth-order valence-corrected chi connectivity index (χ4v) is 1.79. The lowest BCUT2D eigenvalue weighted by molar-refractivity contribution is 0.0879. The summed E-state index contributed by atoms with van der Waals surface area (Å²) in [5.74, 6) is -0.601. The zero-order valence-electron chi connectivity index (χ0n) is 9.59. The van der Waals surface area contributed by atoms with Crippen LogP contribution in [-0.2, 0) is 0 Å². The smallest absolute Gasteiger partial charge is 0.258 e. The summed E-state index contributed by atoms with van der Waals surface area (Å²) in [5, 5.41) is 2.20. The molecule has 1 heterocycles. The van der Waals surface area contributed by atoms with Gasteiger partial charge in [-0.3, -0.25) is 14.9 Å². The molecule has 0 bridgehead atoms. The number of benzene rings is 2. The minimum Gasteiger partial charge on any atom is -0.288 e. The maximum atomic E-state index is 10.9. The third kappa shape index (κ3) is 2.86. The SMILES string of the molecule is O=C1NC(=O)c2ccccc21.[Al][c]1ccccc1. The van der Waals surface area contributed by atoms with Gasteiger partial charge >= 0.3 is 0 Å². The zero-order chi connectivity index (χ0) is 13.0. The van der Waals surface area contributed by atoms with Gasteiger partial charge in [0.1, 0.15) is 0 Å². The zero-order valence-corrected chi connectivity index (χ0v) is 10.7. The van der Waals surface area contributed by atoms with Gasteiger partial charge < -0.3 is 0 Å². The first-order chi connectivity index (χ1) is 8.68. The fourth-order valence-electron chi connectivity index (χ4n) is 1.57. The lowest BCUT2D eigenvalue weighted by atomic mass is 10.1. The van der Waals surface area contributed by atoms with Crippen LogP contribution < -0.4 is 9.74 Å². The highest BCUT2D eigenvalue weighted by Crippen LogP contribution is 2.13. The summed E-state index contributed by atoms with van der Waals surface area (Å²) in [4.78, 5) is 21.9. The summed E-state index contributed by atoms with van der Waals surface area (Å²) >= 11 is 2.63. The largest absolute Gasteiger partial charge is 0.288 e. The summed E-state index contributed by atoms with van der Waals surface area (Å²) in [7, 11) is 0. The second-order valence-corrected chi connectivity index (χ2v) is 4.41. The van der Waals surface area contributed by atoms with Crippen molar-refractivity contribution in [1.29, 1.82) is 0 Å². The van der Waals surface area contributed by atoms with Crippen molar-refractivity contribution in [1.82, 2.24) is 5.32 Å². The minimum atomic E-state index is -0.300. The van der Waals surface area contributed by atoms with Crippen LogP contribution in [0.1, 0.15) is 20.7 Å². The number of amides is 2. The number of hydrogen-bond acceptors (Lipinski definition) is 2. The quantitative estimate of drug-likeness (QED) is 0.562. The van der Waals surface area contributed by atoms with Crippen LogP contribution in [0, 0.1) is 0 Å². The Balaban J connectivity index is 0.000000149. The number of fused-ring (bicyclic) bond motifs is 1. The fraction of sp³-hybridized carbons (Fsp3) is 0. The summed E-state index contributed by atoms with van der Waals surface area (Å²) in [6, 6.07) is 16.9. The van der Waals surface area contributed by atoms with E-state index in [0.717, 1.165) is 0 Å². The van der Waals surface area contributed by atoms with Crippen LogP contribution in [-0.4, -0.2) is 28.1 Å². The monoisotopic (exact) mass is 251 g/mol. The van der Waals surface area contributed by atoms with Crippen LogP contribution in [0.3, 0.4) is 0 Å². The van der Waals surface area contributed by atoms with E-state index in [9.17, 15) is 9.59 Å². The first-order valence-corrected chi connectivity index (χ1v) is 6.01. The highest BCUT2D eigenvalue weighted by molar-refractivity contribution is 6.32. The first kappa shape index (κ1) is 12.6. The molecule has 3 rings (SSSR count). The Morgan fingerprint density at radius 2 is 1.17 bits per heavy atom. The van der Waals surface area contributed by atoms with Gasteiger partial charge in [0.05, 0.1) is 11.1 Å². The van der Waals surface area contributed by atoms with E-state index in [0.29, 0.717) is 11.1 Å². The van der Waals surface area contributed by atoms with Crippen LogP contribution in [0.4, 0.5) is 0 Å². The van der Waals surface area contributed by atoms with Crippen molar-refractivity contribution >= 4 is 32.5 Å². The normalized spacial score (nSPS) is 12.2. The van der Waals surface area contributed by atoms with Gasteiger partial charge in [-0.1, -0.05) is 42.5 Å². The molecule has 3 nitrogen and oxygen atoms in total. The molecule has 2 aromatic carbocycles. The molecule has 0 aromatic heterocycles. The molecule has 0 saturated heterocycles. The molecular formula is C14H10AlNO2. The van der Waals surface area contributed by atoms with Gasteiger partial charge in [0.25, 0.3) is 11.8 Å². The predicted octanol–water partition coefficient (Wildman–Crippen LogP) is 1.05. The molecule has 4 heteroatoms. The summed E-state index contributed by atoms with van der Waals surface area (Å²) in [5.41, 5.74) is 0.940. The van der Waals surface area contributed by atoms with Crippen LogP contribution in [0.5, 0.6) is 0 Å². The molecule has 2 amide bonds. The standard InChI is InChI=1S/C8H5NO2.C6H5.Al/c10-7-5-3-1-2-4-6(5)8(11)9-7;1-2-4-6-5-3-1;/h1-4H,(H,9,10,11);1-5H;. The minimum absolute atomic E-state index is 0.300. The van der Waals surface area contributed by atoms with Gasteiger partial charge in [0.15, 0.2) is 16.3 Å². The van der Waals surface area contributed by atoms with Crippen LogP contribution in [0.2, 0.25) is 0 Å². The number of carbonyl (C=O) groups excluding carboxylic acids is 2. The highest BCUT2D eigenvalue weighted by atomic mass is 27.0. The van der Waals surface area contributed by atoms with Crippen LogP contribution in [0.25, 0.3) is 0 Å². The molecule has 0 unspecified atom stereocenters. The first-order valence-electron chi connectivity index (χ1n) is 5.43. The van der Waals surface area contributed by atoms with Gasteiger partial charge in [-0.25, -0.2) is 0 Å². The average molecular weight is 251 g/mol. The van der Waals surface area contributed by atoms with Crippen LogP contribution in [0.15, 0.2) is 54.6 Å². The van der Waals surface area contributed by atoms with Gasteiger partial charge in [-0.2, -0.15) is 0 Å². The van der Waals surface area contributed by atoms with E-state index in [1.54, 1.807) is 24.3 Å². The highest BCUT2D eigenvalue weighted by Gasteiger charge is 2.25. The van der Waals surface area contributed by atoms with Gasteiger partial charge in [-0.05, 0) is 12.1 Å². The van der Waals surface area contributed by atoms with Crippen molar-refractivity contribution < 1.29 is 9.59 Å². The maximum Gasteiger partial charge on any atom is 0.258 e. The molecule has 1 N–H and O–H groups in total. The molecule has 1 aliphatic rings. The number of carbonyl (C=O) groups is 2. The average Bonchev–Trinajstić information content (AvgIpc) is 2.68. The molecule has 2 aromatic rings. The predicted molar refractivity (Wildman–Crippen MR) is 70.1 cm³/mol. The Morgan fingerprint density at radius 3 is 1.56 bits per heavy atom. The third-order valence-corrected chi connectivity index (χ3v) is 2.83. The maximum absolute atomic E-state index is 10.9. The molecule has 18 heavy (non-hydrogen) atoms. The Labute approximate surface area is 113 Å². The molecule has 0 spiro atoms. The summed E-state index contributed by atoms with van der Waals surface area (Å²) < 4.78 is 1.24. The van der Waals surface area contributed by atoms with Gasteiger partial charge in [-0.15, -0.1) is 4.43 Å². The molecule has 0 aliphatic carbocycles. The van der Waals surface area contributed by atoms with Crippen molar-refractivity contribution in [2.75, 3.05) is 0 Å². The molecule has 0 fully saturated rings. The molecule has 2 radical (unpaired) electrons. The van der Waals surface area contributed by atoms with E-state index < -0.39 is 0 Å². The van der Waals surface area contributed by atoms with E-state index in [4.69, 9.17) is 0 Å². The molecular weight excluding hydrogens is 241 g/mol. The number of hydrogen-bond donors (Lipinski definition) is 1. The van der Waals surface area contributed by atoms with E-state index >= 15 is 0 Å². The van der Waals surface area contributed by atoms with Crippen molar-refractivity contribution in [3.05, 3.63) is 65.7 Å². The Hall–Kier alpha value is -1.89. The Bertz CT molecular complexity index is 548. The van der Waals surface area contributed by atoms with E-state index in [1.165, 1.54) is 4.43 Å². The Kier molecular flexibility index (Phi) is 3.93. The lowest BCUT2D eigenvalue weighted by Crippen LogP contribution is -2.19. The van der Waals surface area contributed by atoms with Crippen molar-refractivity contribution in [3.63, 3.8) is 0 Å². The van der Waals surface area contributed by atoms with Crippen molar-refractivity contribution in [2.24, 2.45) is 0 Å². The second-order valence-electron chi connectivity index (χ2n) is 3.74.